The van der Waals surface area contributed by atoms with Crippen molar-refractivity contribution in [3.63, 3.8) is 0 Å². The molecule has 19 heavy (non-hydrogen) atoms. The molecule has 1 aromatic heterocycles. The molecule has 8 heteroatoms. The highest BCUT2D eigenvalue weighted by Crippen LogP contribution is 2.30. The molecule has 3 N–H and O–H groups in total. The van der Waals surface area contributed by atoms with E-state index in [2.05, 4.69) is 9.97 Å². The molecule has 0 spiro atoms. The molecule has 0 saturated carbocycles. The Morgan fingerprint density at radius 1 is 1.42 bits per heavy atom. The fraction of sp³-hybridized carbons (Fsp3) is 0.273. The van der Waals surface area contributed by atoms with Crippen LogP contribution in [0.25, 0.3) is 10.9 Å². The second-order valence-electron chi connectivity index (χ2n) is 3.94. The number of nitrogens with one attached hydrogen (secondary N) is 1. The zero-order valence-corrected chi connectivity index (χ0v) is 9.78. The molecule has 5 nitrogen and oxygen atoms in total. The predicted molar refractivity (Wildman–Crippen MR) is 62.9 cm³/mol. The molecule has 1 unspecified atom stereocenters. The standard InChI is InChI=1S/C11H10F3N3O2/c1-5(11(12,13)14)19-9-3-8-6(2-7(9)15)10(18)17-4-16-8/h2-5H,15H2,1H3,(H,16,17,18). The number of benzene rings is 1. The van der Waals surface area contributed by atoms with Crippen LogP contribution in [0.4, 0.5) is 18.9 Å². The normalized spacial score (nSPS) is 13.5. The van der Waals surface area contributed by atoms with E-state index in [1.807, 2.05) is 0 Å². The van der Waals surface area contributed by atoms with E-state index in [-0.39, 0.29) is 22.3 Å². The number of aromatic amines is 1. The molecule has 0 fully saturated rings. The minimum atomic E-state index is -4.50. The molecular formula is C11H10F3N3O2. The van der Waals surface area contributed by atoms with Crippen molar-refractivity contribution in [2.24, 2.45) is 0 Å². The fourth-order valence-electron chi connectivity index (χ4n) is 1.47. The first-order valence-corrected chi connectivity index (χ1v) is 5.29. The van der Waals surface area contributed by atoms with Crippen LogP contribution >= 0.6 is 0 Å². The van der Waals surface area contributed by atoms with Crippen LogP contribution in [0.2, 0.25) is 0 Å². The molecule has 0 aliphatic rings. The third kappa shape index (κ3) is 2.61. The number of hydrogen-bond donors (Lipinski definition) is 2. The molecule has 0 amide bonds. The highest BCUT2D eigenvalue weighted by Gasteiger charge is 2.38. The number of aromatic nitrogens is 2. The van der Waals surface area contributed by atoms with Gasteiger partial charge in [0, 0.05) is 6.07 Å². The number of rotatable bonds is 2. The van der Waals surface area contributed by atoms with Crippen molar-refractivity contribution in [1.82, 2.24) is 9.97 Å². The van der Waals surface area contributed by atoms with Gasteiger partial charge >= 0.3 is 6.18 Å². The molecule has 1 atom stereocenters. The zero-order valence-electron chi connectivity index (χ0n) is 9.78. The summed E-state index contributed by atoms with van der Waals surface area (Å²) in [4.78, 5) is 17.6. The van der Waals surface area contributed by atoms with Gasteiger partial charge < -0.3 is 15.5 Å². The molecule has 0 saturated heterocycles. The summed E-state index contributed by atoms with van der Waals surface area (Å²) < 4.78 is 42.0. The van der Waals surface area contributed by atoms with Crippen LogP contribution in [0.5, 0.6) is 5.75 Å². The lowest BCUT2D eigenvalue weighted by atomic mass is 10.2. The first kappa shape index (κ1) is 13.2. The smallest absolute Gasteiger partial charge is 0.425 e. The molecule has 1 heterocycles. The Labute approximate surface area is 105 Å². The van der Waals surface area contributed by atoms with Crippen molar-refractivity contribution in [3.05, 3.63) is 28.8 Å². The number of nitrogens with two attached hydrogens (primary N) is 1. The van der Waals surface area contributed by atoms with Crippen molar-refractivity contribution in [3.8, 4) is 5.75 Å². The van der Waals surface area contributed by atoms with E-state index in [4.69, 9.17) is 10.5 Å². The monoisotopic (exact) mass is 273 g/mol. The second kappa shape index (κ2) is 4.45. The quantitative estimate of drug-likeness (QED) is 0.818. The van der Waals surface area contributed by atoms with Gasteiger partial charge in [0.15, 0.2) is 6.10 Å². The Bertz CT molecular complexity index is 666. The van der Waals surface area contributed by atoms with Gasteiger partial charge in [0.1, 0.15) is 5.75 Å². The summed E-state index contributed by atoms with van der Waals surface area (Å²) in [6.07, 6.45) is -5.35. The number of halogens is 3. The van der Waals surface area contributed by atoms with Crippen LogP contribution in [0.3, 0.4) is 0 Å². The van der Waals surface area contributed by atoms with Gasteiger partial charge in [-0.05, 0) is 13.0 Å². The summed E-state index contributed by atoms with van der Waals surface area (Å²) in [5.74, 6) is -0.157. The minimum absolute atomic E-state index is 0.0536. The Kier molecular flexibility index (Phi) is 3.09. The summed E-state index contributed by atoms with van der Waals surface area (Å²) in [5, 5.41) is 0.187. The number of anilines is 1. The number of fused-ring (bicyclic) bond motifs is 1. The SMILES string of the molecule is CC(Oc1cc2nc[nH]c(=O)c2cc1N)C(F)(F)F. The maximum Gasteiger partial charge on any atom is 0.425 e. The minimum Gasteiger partial charge on any atom is -0.479 e. The van der Waals surface area contributed by atoms with Gasteiger partial charge in [-0.25, -0.2) is 4.98 Å². The van der Waals surface area contributed by atoms with Gasteiger partial charge in [-0.2, -0.15) is 13.2 Å². The second-order valence-corrected chi connectivity index (χ2v) is 3.94. The zero-order chi connectivity index (χ0) is 14.2. The highest BCUT2D eigenvalue weighted by atomic mass is 19.4. The number of ether oxygens (including phenoxy) is 1. The molecule has 2 rings (SSSR count). The third-order valence-corrected chi connectivity index (χ3v) is 2.54. The number of hydrogen-bond acceptors (Lipinski definition) is 4. The third-order valence-electron chi connectivity index (χ3n) is 2.54. The van der Waals surface area contributed by atoms with Crippen LogP contribution in [-0.4, -0.2) is 22.2 Å². The van der Waals surface area contributed by atoms with E-state index >= 15 is 0 Å². The summed E-state index contributed by atoms with van der Waals surface area (Å²) in [7, 11) is 0. The summed E-state index contributed by atoms with van der Waals surface area (Å²) >= 11 is 0. The number of alkyl halides is 3. The van der Waals surface area contributed by atoms with Crippen LogP contribution in [0, 0.1) is 0 Å². The number of H-pyrrole nitrogens is 1. The van der Waals surface area contributed by atoms with Gasteiger partial charge in [0.05, 0.1) is 22.9 Å². The van der Waals surface area contributed by atoms with Gasteiger partial charge in [-0.1, -0.05) is 0 Å². The van der Waals surface area contributed by atoms with Crippen molar-refractivity contribution >= 4 is 16.6 Å². The van der Waals surface area contributed by atoms with E-state index in [0.29, 0.717) is 0 Å². The summed E-state index contributed by atoms with van der Waals surface area (Å²) in [5.41, 5.74) is 5.31. The first-order valence-electron chi connectivity index (χ1n) is 5.29. The van der Waals surface area contributed by atoms with E-state index in [1.54, 1.807) is 0 Å². The van der Waals surface area contributed by atoms with Crippen LogP contribution < -0.4 is 16.0 Å². The largest absolute Gasteiger partial charge is 0.479 e. The Morgan fingerprint density at radius 2 is 2.11 bits per heavy atom. The van der Waals surface area contributed by atoms with Crippen molar-refractivity contribution < 1.29 is 17.9 Å². The Morgan fingerprint density at radius 3 is 2.74 bits per heavy atom. The van der Waals surface area contributed by atoms with Crippen LogP contribution in [0.15, 0.2) is 23.3 Å². The topological polar surface area (TPSA) is 81.0 Å². The average molecular weight is 273 g/mol. The van der Waals surface area contributed by atoms with Gasteiger partial charge in [0.25, 0.3) is 5.56 Å². The maximum atomic E-state index is 12.4. The van der Waals surface area contributed by atoms with Gasteiger partial charge in [0.2, 0.25) is 0 Å². The van der Waals surface area contributed by atoms with Crippen LogP contribution in [-0.2, 0) is 0 Å². The maximum absolute atomic E-state index is 12.4. The molecule has 102 valence electrons. The molecule has 2 aromatic rings. The molecule has 0 radical (unpaired) electrons. The molecular weight excluding hydrogens is 263 g/mol. The lowest BCUT2D eigenvalue weighted by Crippen LogP contribution is -2.31. The predicted octanol–water partition coefficient (Wildman–Crippen LogP) is 1.83. The highest BCUT2D eigenvalue weighted by molar-refractivity contribution is 5.84. The van der Waals surface area contributed by atoms with Crippen LogP contribution in [0.1, 0.15) is 6.92 Å². The molecule has 1 aromatic carbocycles. The Hall–Kier alpha value is -2.25. The van der Waals surface area contributed by atoms with E-state index in [1.165, 1.54) is 12.1 Å². The van der Waals surface area contributed by atoms with E-state index < -0.39 is 17.8 Å². The molecule has 0 aliphatic carbocycles. The lowest BCUT2D eigenvalue weighted by molar-refractivity contribution is -0.189. The lowest BCUT2D eigenvalue weighted by Gasteiger charge is -2.18. The summed E-state index contributed by atoms with van der Waals surface area (Å²) in [6, 6.07) is 2.45. The molecule has 0 bridgehead atoms. The summed E-state index contributed by atoms with van der Waals surface area (Å²) in [6.45, 7) is 0.870. The Balaban J connectivity index is 2.45. The number of nitrogen functional groups attached to an aromatic ring is 1. The van der Waals surface area contributed by atoms with Crippen molar-refractivity contribution in [2.45, 2.75) is 19.2 Å². The van der Waals surface area contributed by atoms with E-state index in [9.17, 15) is 18.0 Å². The number of nitrogens with zero attached hydrogens (tertiary/aromatic N) is 1. The fourth-order valence-corrected chi connectivity index (χ4v) is 1.47. The average Bonchev–Trinajstić information content (AvgIpc) is 2.30. The van der Waals surface area contributed by atoms with Gasteiger partial charge in [-0.15, -0.1) is 0 Å². The first-order chi connectivity index (χ1) is 8.79. The van der Waals surface area contributed by atoms with Crippen molar-refractivity contribution in [2.75, 3.05) is 5.73 Å². The van der Waals surface area contributed by atoms with Crippen molar-refractivity contribution in [1.29, 1.82) is 0 Å². The molecule has 0 aliphatic heterocycles. The van der Waals surface area contributed by atoms with Gasteiger partial charge in [-0.3, -0.25) is 4.79 Å². The van der Waals surface area contributed by atoms with E-state index in [0.717, 1.165) is 13.3 Å².